The maximum absolute atomic E-state index is 11.6. The van der Waals surface area contributed by atoms with E-state index in [-0.39, 0.29) is 11.7 Å². The van der Waals surface area contributed by atoms with Crippen molar-refractivity contribution in [2.45, 2.75) is 45.0 Å². The number of fused-ring (bicyclic) bond motifs is 2. The highest BCUT2D eigenvalue weighted by Gasteiger charge is 2.25. The Morgan fingerprint density at radius 2 is 1.79 bits per heavy atom. The number of carboxylic acids is 1. The van der Waals surface area contributed by atoms with Crippen molar-refractivity contribution in [3.05, 3.63) is 82.7 Å². The number of aromatic carboxylic acids is 1. The van der Waals surface area contributed by atoms with E-state index < -0.39 is 5.97 Å². The number of imidazole rings is 1. The van der Waals surface area contributed by atoms with Crippen LogP contribution in [0.4, 0.5) is 11.6 Å². The number of piperazine rings is 1. The van der Waals surface area contributed by atoms with Crippen LogP contribution >= 0.6 is 0 Å². The molecule has 7 rings (SSSR count). The molecule has 10 nitrogen and oxygen atoms in total. The molecule has 0 amide bonds. The molecule has 2 saturated heterocycles. The minimum atomic E-state index is -0.932. The van der Waals surface area contributed by atoms with Crippen LogP contribution in [0.2, 0.25) is 0 Å². The fourth-order valence-electron chi connectivity index (χ4n) is 6.39. The zero-order valence-corrected chi connectivity index (χ0v) is 24.2. The molecule has 220 valence electrons. The molecule has 3 aliphatic heterocycles. The Kier molecular flexibility index (Phi) is 7.43. The lowest BCUT2D eigenvalue weighted by molar-refractivity contribution is -0.0592. The Hall–Kier alpha value is -4.46. The summed E-state index contributed by atoms with van der Waals surface area (Å²) in [4.78, 5) is 28.7. The number of anilines is 2. The number of carboxylic acid groups (broad SMARTS) is 1. The molecule has 0 saturated carbocycles. The number of aromatic nitrogens is 3. The van der Waals surface area contributed by atoms with Crippen molar-refractivity contribution in [2.75, 3.05) is 49.1 Å². The van der Waals surface area contributed by atoms with Crippen LogP contribution in [0.25, 0.3) is 11.0 Å². The van der Waals surface area contributed by atoms with Gasteiger partial charge in [-0.1, -0.05) is 12.1 Å². The standard InChI is InChI=1S/C33H35N7O3/c34-19-23-6-7-24-3-2-11-39(20-26(24)17-23)31-5-1-4-30(36-31)38-14-12-37(13-15-38)22-32-35-28-9-8-25(33(41)42)18-29(28)40(32)21-27-10-16-43-27/h1,4-9,17-18,27H,2-3,10-16,20-22H2,(H,41,42). The van der Waals surface area contributed by atoms with Gasteiger partial charge in [0.05, 0.1) is 47.4 Å². The molecule has 0 spiro atoms. The molecule has 5 heterocycles. The second-order valence-corrected chi connectivity index (χ2v) is 11.7. The molecule has 2 fully saturated rings. The summed E-state index contributed by atoms with van der Waals surface area (Å²) in [6, 6.07) is 19.8. The first-order chi connectivity index (χ1) is 21.0. The number of pyridine rings is 1. The molecule has 2 aromatic heterocycles. The summed E-state index contributed by atoms with van der Waals surface area (Å²) < 4.78 is 7.87. The zero-order chi connectivity index (χ0) is 29.3. The molecule has 1 N–H and O–H groups in total. The van der Waals surface area contributed by atoms with Crippen LogP contribution in [-0.4, -0.2) is 75.9 Å². The van der Waals surface area contributed by atoms with E-state index >= 15 is 0 Å². The van der Waals surface area contributed by atoms with Gasteiger partial charge in [-0.3, -0.25) is 4.90 Å². The lowest BCUT2D eigenvalue weighted by Crippen LogP contribution is -2.46. The van der Waals surface area contributed by atoms with Crippen LogP contribution in [0.5, 0.6) is 0 Å². The van der Waals surface area contributed by atoms with E-state index in [1.165, 1.54) is 11.1 Å². The average Bonchev–Trinajstić information content (AvgIpc) is 3.19. The van der Waals surface area contributed by atoms with Crippen molar-refractivity contribution >= 4 is 28.6 Å². The number of aryl methyl sites for hydroxylation is 1. The molecule has 2 aromatic carbocycles. The third kappa shape index (κ3) is 5.66. The van der Waals surface area contributed by atoms with Crippen molar-refractivity contribution in [3.8, 4) is 6.07 Å². The monoisotopic (exact) mass is 577 g/mol. The van der Waals surface area contributed by atoms with E-state index in [1.54, 1.807) is 12.1 Å². The topological polar surface area (TPSA) is 111 Å². The second-order valence-electron chi connectivity index (χ2n) is 11.7. The smallest absolute Gasteiger partial charge is 0.335 e. The zero-order valence-electron chi connectivity index (χ0n) is 24.2. The van der Waals surface area contributed by atoms with Gasteiger partial charge in [-0.2, -0.15) is 5.26 Å². The summed E-state index contributed by atoms with van der Waals surface area (Å²) in [5, 5.41) is 18.9. The molecule has 4 aromatic rings. The maximum atomic E-state index is 11.6. The number of rotatable bonds is 7. The quantitative estimate of drug-likeness (QED) is 0.348. The fourth-order valence-corrected chi connectivity index (χ4v) is 6.39. The normalized spacial score (nSPS) is 19.0. The first-order valence-corrected chi connectivity index (χ1v) is 15.1. The molecular weight excluding hydrogens is 542 g/mol. The third-order valence-electron chi connectivity index (χ3n) is 8.93. The van der Waals surface area contributed by atoms with Gasteiger partial charge in [0.15, 0.2) is 0 Å². The fraction of sp³-hybridized carbons (Fsp3) is 0.394. The van der Waals surface area contributed by atoms with Crippen LogP contribution in [0.1, 0.15) is 45.7 Å². The van der Waals surface area contributed by atoms with Gasteiger partial charge in [0.25, 0.3) is 0 Å². The summed E-state index contributed by atoms with van der Waals surface area (Å²) in [7, 11) is 0. The van der Waals surface area contributed by atoms with Gasteiger partial charge >= 0.3 is 5.97 Å². The Morgan fingerprint density at radius 1 is 0.977 bits per heavy atom. The minimum absolute atomic E-state index is 0.144. The molecule has 1 unspecified atom stereocenters. The number of hydrogen-bond donors (Lipinski definition) is 1. The van der Waals surface area contributed by atoms with Crippen molar-refractivity contribution in [2.24, 2.45) is 0 Å². The Balaban J connectivity index is 1.04. The summed E-state index contributed by atoms with van der Waals surface area (Å²) in [5.74, 6) is 1.98. The summed E-state index contributed by atoms with van der Waals surface area (Å²) >= 11 is 0. The van der Waals surface area contributed by atoms with Gasteiger partial charge in [0, 0.05) is 45.9 Å². The lowest BCUT2D eigenvalue weighted by atomic mass is 10.0. The van der Waals surface area contributed by atoms with Gasteiger partial charge in [-0.05, 0) is 72.9 Å². The first-order valence-electron chi connectivity index (χ1n) is 15.1. The van der Waals surface area contributed by atoms with Crippen molar-refractivity contribution in [3.63, 3.8) is 0 Å². The predicted octanol–water partition coefficient (Wildman–Crippen LogP) is 4.07. The maximum Gasteiger partial charge on any atom is 0.335 e. The van der Waals surface area contributed by atoms with Crippen LogP contribution in [-0.2, 0) is 30.8 Å². The van der Waals surface area contributed by atoms with Crippen molar-refractivity contribution < 1.29 is 14.6 Å². The van der Waals surface area contributed by atoms with Crippen LogP contribution in [0.3, 0.4) is 0 Å². The SMILES string of the molecule is N#Cc1ccc2c(c1)CN(c1cccc(N3CCN(Cc4nc5ccc(C(=O)O)cc5n4CC4CCO4)CC3)n1)CCC2. The molecular formula is C33H35N7O3. The number of ether oxygens (including phenoxy) is 1. The highest BCUT2D eigenvalue weighted by Crippen LogP contribution is 2.27. The van der Waals surface area contributed by atoms with E-state index in [0.29, 0.717) is 18.7 Å². The van der Waals surface area contributed by atoms with Crippen LogP contribution in [0, 0.1) is 11.3 Å². The van der Waals surface area contributed by atoms with Gasteiger partial charge < -0.3 is 24.2 Å². The first kappa shape index (κ1) is 27.4. The molecule has 0 radical (unpaired) electrons. The second kappa shape index (κ2) is 11.7. The Bertz CT molecular complexity index is 1700. The molecule has 10 heteroatoms. The number of hydrogen-bond acceptors (Lipinski definition) is 8. The highest BCUT2D eigenvalue weighted by molar-refractivity contribution is 5.92. The van der Waals surface area contributed by atoms with Crippen LogP contribution in [0.15, 0.2) is 54.6 Å². The Labute approximate surface area is 250 Å². The van der Waals surface area contributed by atoms with Crippen molar-refractivity contribution in [1.82, 2.24) is 19.4 Å². The largest absolute Gasteiger partial charge is 0.478 e. The van der Waals surface area contributed by atoms with Gasteiger partial charge in [-0.25, -0.2) is 14.8 Å². The van der Waals surface area contributed by atoms with Crippen molar-refractivity contribution in [1.29, 1.82) is 5.26 Å². The molecule has 0 bridgehead atoms. The summed E-state index contributed by atoms with van der Waals surface area (Å²) in [6.45, 7) is 7.33. The number of nitriles is 1. The van der Waals surface area contributed by atoms with Gasteiger partial charge in [0.1, 0.15) is 17.5 Å². The average molecular weight is 578 g/mol. The Morgan fingerprint density at radius 3 is 2.53 bits per heavy atom. The van der Waals surface area contributed by atoms with E-state index in [0.717, 1.165) is 93.6 Å². The number of nitrogens with zero attached hydrogens (tertiary/aromatic N) is 7. The minimum Gasteiger partial charge on any atom is -0.478 e. The molecule has 1 atom stereocenters. The third-order valence-corrected chi connectivity index (χ3v) is 8.93. The lowest BCUT2D eigenvalue weighted by Gasteiger charge is -2.36. The van der Waals surface area contributed by atoms with Gasteiger partial charge in [-0.15, -0.1) is 0 Å². The number of carbonyl (C=O) groups is 1. The summed E-state index contributed by atoms with van der Waals surface area (Å²) in [6.07, 6.45) is 3.22. The predicted molar refractivity (Wildman–Crippen MR) is 163 cm³/mol. The molecule has 3 aliphatic rings. The number of benzene rings is 2. The van der Waals surface area contributed by atoms with Crippen LogP contribution < -0.4 is 9.80 Å². The van der Waals surface area contributed by atoms with E-state index in [9.17, 15) is 15.2 Å². The summed E-state index contributed by atoms with van der Waals surface area (Å²) in [5.41, 5.74) is 5.19. The van der Waals surface area contributed by atoms with E-state index in [4.69, 9.17) is 14.7 Å². The molecule has 43 heavy (non-hydrogen) atoms. The van der Waals surface area contributed by atoms with Gasteiger partial charge in [0.2, 0.25) is 0 Å². The highest BCUT2D eigenvalue weighted by atomic mass is 16.5. The van der Waals surface area contributed by atoms with E-state index in [1.807, 2.05) is 18.2 Å². The van der Waals surface area contributed by atoms with E-state index in [2.05, 4.69) is 49.6 Å². The molecule has 0 aliphatic carbocycles.